The van der Waals surface area contributed by atoms with E-state index in [0.29, 0.717) is 11.3 Å². The van der Waals surface area contributed by atoms with Gasteiger partial charge in [0.25, 0.3) is 11.6 Å². The number of carbonyl (C=O) groups is 1. The normalized spacial score (nSPS) is 11.2. The van der Waals surface area contributed by atoms with E-state index in [1.807, 2.05) is 0 Å². The van der Waals surface area contributed by atoms with Gasteiger partial charge in [-0.2, -0.15) is 5.10 Å². The van der Waals surface area contributed by atoms with Crippen molar-refractivity contribution in [2.24, 2.45) is 5.10 Å². The van der Waals surface area contributed by atoms with Crippen molar-refractivity contribution < 1.29 is 14.1 Å². The Morgan fingerprint density at radius 3 is 2.43 bits per heavy atom. The molecule has 1 amide bonds. The van der Waals surface area contributed by atoms with Crippen molar-refractivity contribution in [2.75, 3.05) is 0 Å². The Balaban J connectivity index is 2.16. The fourth-order valence-electron chi connectivity index (χ4n) is 1.74. The van der Waals surface area contributed by atoms with Gasteiger partial charge in [-0.15, -0.1) is 0 Å². The van der Waals surface area contributed by atoms with E-state index in [2.05, 4.69) is 10.5 Å². The number of rotatable bonds is 4. The summed E-state index contributed by atoms with van der Waals surface area (Å²) in [5.74, 6) is -0.970. The summed E-state index contributed by atoms with van der Waals surface area (Å²) in [7, 11) is 0. The molecule has 6 nitrogen and oxygen atoms in total. The highest BCUT2D eigenvalue weighted by atomic mass is 35.5. The first-order valence-electron chi connectivity index (χ1n) is 6.43. The summed E-state index contributed by atoms with van der Waals surface area (Å²) in [5, 5.41) is 14.8. The zero-order valence-corrected chi connectivity index (χ0v) is 12.7. The Morgan fingerprint density at radius 2 is 1.83 bits per heavy atom. The van der Waals surface area contributed by atoms with Gasteiger partial charge in [0.05, 0.1) is 10.6 Å². The summed E-state index contributed by atoms with van der Waals surface area (Å²) in [6, 6.07) is 9.17. The largest absolute Gasteiger partial charge is 0.288 e. The lowest BCUT2D eigenvalue weighted by atomic mass is 10.1. The molecule has 1 N–H and O–H groups in total. The number of nitrogens with zero attached hydrogens (tertiary/aromatic N) is 2. The second-order valence-corrected chi connectivity index (χ2v) is 4.98. The quantitative estimate of drug-likeness (QED) is 0.527. The molecule has 0 bridgehead atoms. The molecule has 0 spiro atoms. The molecule has 0 saturated carbocycles. The highest BCUT2D eigenvalue weighted by Crippen LogP contribution is 2.25. The fraction of sp³-hybridized carbons (Fsp3) is 0.0667. The highest BCUT2D eigenvalue weighted by Gasteiger charge is 2.14. The first-order valence-corrected chi connectivity index (χ1v) is 6.81. The number of benzene rings is 2. The summed E-state index contributed by atoms with van der Waals surface area (Å²) in [6.45, 7) is 1.58. The molecule has 23 heavy (non-hydrogen) atoms. The Morgan fingerprint density at radius 1 is 1.22 bits per heavy atom. The molecule has 2 rings (SSSR count). The molecule has 2 aromatic carbocycles. The predicted octanol–water partition coefficient (Wildman–Crippen LogP) is 3.54. The van der Waals surface area contributed by atoms with Crippen LogP contribution in [0.2, 0.25) is 5.02 Å². The van der Waals surface area contributed by atoms with Crippen molar-refractivity contribution in [2.45, 2.75) is 6.92 Å². The van der Waals surface area contributed by atoms with Gasteiger partial charge < -0.3 is 0 Å². The number of hydrogen-bond acceptors (Lipinski definition) is 4. The third-order valence-electron chi connectivity index (χ3n) is 2.99. The second kappa shape index (κ2) is 6.97. The van der Waals surface area contributed by atoms with E-state index in [0.717, 1.165) is 12.1 Å². The van der Waals surface area contributed by atoms with Crippen LogP contribution < -0.4 is 5.43 Å². The molecule has 0 saturated heterocycles. The lowest BCUT2D eigenvalue weighted by molar-refractivity contribution is -0.384. The number of nitrogens with one attached hydrogen (secondary N) is 1. The number of halogens is 2. The minimum Gasteiger partial charge on any atom is -0.267 e. The SMILES string of the molecule is C/C(=N/NC(=O)c1ccc(F)cc1)c1ccc(Cl)c([N+](=O)[O-])c1. The summed E-state index contributed by atoms with van der Waals surface area (Å²) in [4.78, 5) is 22.1. The maximum Gasteiger partial charge on any atom is 0.288 e. The Bertz CT molecular complexity index is 791. The van der Waals surface area contributed by atoms with Crippen LogP contribution in [0.1, 0.15) is 22.8 Å². The molecule has 0 atom stereocenters. The first kappa shape index (κ1) is 16.6. The molecule has 8 heteroatoms. The number of amides is 1. The van der Waals surface area contributed by atoms with Crippen molar-refractivity contribution in [1.29, 1.82) is 0 Å². The number of carbonyl (C=O) groups excluding carboxylic acids is 1. The highest BCUT2D eigenvalue weighted by molar-refractivity contribution is 6.32. The lowest BCUT2D eigenvalue weighted by Crippen LogP contribution is -2.19. The van der Waals surface area contributed by atoms with Gasteiger partial charge >= 0.3 is 0 Å². The molecule has 118 valence electrons. The lowest BCUT2D eigenvalue weighted by Gasteiger charge is -2.04. The Hall–Kier alpha value is -2.80. The standard InChI is InChI=1S/C15H11ClFN3O3/c1-9(11-4-7-13(16)14(8-11)20(22)23)18-19-15(21)10-2-5-12(17)6-3-10/h2-8H,1H3,(H,19,21)/b18-9-. The average molecular weight is 336 g/mol. The summed E-state index contributed by atoms with van der Waals surface area (Å²) >= 11 is 5.73. The predicted molar refractivity (Wildman–Crippen MR) is 84.2 cm³/mol. The molecule has 0 aliphatic rings. The molecule has 0 fully saturated rings. The van der Waals surface area contributed by atoms with Crippen LogP contribution >= 0.6 is 11.6 Å². The van der Waals surface area contributed by atoms with Crippen LogP contribution in [0.3, 0.4) is 0 Å². The van der Waals surface area contributed by atoms with E-state index >= 15 is 0 Å². The molecular formula is C15H11ClFN3O3. The first-order chi connectivity index (χ1) is 10.9. The third kappa shape index (κ3) is 4.10. The zero-order valence-electron chi connectivity index (χ0n) is 11.9. The molecule has 0 aliphatic carbocycles. The maximum absolute atomic E-state index is 12.8. The van der Waals surface area contributed by atoms with Crippen LogP contribution in [0.15, 0.2) is 47.6 Å². The molecule has 0 radical (unpaired) electrons. The molecule has 2 aromatic rings. The van der Waals surface area contributed by atoms with Crippen LogP contribution in [0.25, 0.3) is 0 Å². The smallest absolute Gasteiger partial charge is 0.267 e. The van der Waals surface area contributed by atoms with Crippen LogP contribution in [-0.4, -0.2) is 16.5 Å². The van der Waals surface area contributed by atoms with Crippen LogP contribution in [0, 0.1) is 15.9 Å². The number of nitro benzene ring substituents is 1. The summed E-state index contributed by atoms with van der Waals surface area (Å²) in [5.41, 5.74) is 3.10. The number of nitro groups is 1. The van der Waals surface area contributed by atoms with Crippen LogP contribution in [-0.2, 0) is 0 Å². The Labute approximate surface area is 135 Å². The van der Waals surface area contributed by atoms with Gasteiger partial charge in [-0.1, -0.05) is 17.7 Å². The molecular weight excluding hydrogens is 325 g/mol. The Kier molecular flexibility index (Phi) is 5.02. The zero-order chi connectivity index (χ0) is 17.0. The van der Waals surface area contributed by atoms with E-state index in [-0.39, 0.29) is 16.3 Å². The van der Waals surface area contributed by atoms with Gasteiger partial charge in [0, 0.05) is 17.2 Å². The van der Waals surface area contributed by atoms with E-state index in [4.69, 9.17) is 11.6 Å². The minimum absolute atomic E-state index is 0.0156. The number of hydrogen-bond donors (Lipinski definition) is 1. The number of hydrazone groups is 1. The van der Waals surface area contributed by atoms with Crippen molar-refractivity contribution in [3.05, 3.63) is 74.5 Å². The van der Waals surface area contributed by atoms with Crippen molar-refractivity contribution in [3.63, 3.8) is 0 Å². The molecule has 0 unspecified atom stereocenters. The maximum atomic E-state index is 12.8. The van der Waals surface area contributed by atoms with Crippen molar-refractivity contribution in [1.82, 2.24) is 5.43 Å². The van der Waals surface area contributed by atoms with Crippen molar-refractivity contribution >= 4 is 28.9 Å². The average Bonchev–Trinajstić information content (AvgIpc) is 2.53. The van der Waals surface area contributed by atoms with Crippen molar-refractivity contribution in [3.8, 4) is 0 Å². The van der Waals surface area contributed by atoms with Gasteiger partial charge in [0.1, 0.15) is 10.8 Å². The molecule has 0 heterocycles. The second-order valence-electron chi connectivity index (χ2n) is 4.57. The van der Waals surface area contributed by atoms with Gasteiger partial charge in [-0.05, 0) is 37.3 Å². The van der Waals surface area contributed by atoms with Gasteiger partial charge in [-0.3, -0.25) is 14.9 Å². The van der Waals surface area contributed by atoms with Gasteiger partial charge in [0.15, 0.2) is 0 Å². The molecule has 0 aliphatic heterocycles. The third-order valence-corrected chi connectivity index (χ3v) is 3.31. The van der Waals surface area contributed by atoms with E-state index in [1.54, 1.807) is 13.0 Å². The van der Waals surface area contributed by atoms with Crippen LogP contribution in [0.4, 0.5) is 10.1 Å². The molecule has 0 aromatic heterocycles. The van der Waals surface area contributed by atoms with Crippen LogP contribution in [0.5, 0.6) is 0 Å². The minimum atomic E-state index is -0.601. The topological polar surface area (TPSA) is 84.6 Å². The van der Waals surface area contributed by atoms with E-state index < -0.39 is 16.6 Å². The van der Waals surface area contributed by atoms with Gasteiger partial charge in [0.2, 0.25) is 0 Å². The van der Waals surface area contributed by atoms with Gasteiger partial charge in [-0.25, -0.2) is 9.82 Å². The van der Waals surface area contributed by atoms with E-state index in [9.17, 15) is 19.3 Å². The summed E-state index contributed by atoms with van der Waals surface area (Å²) in [6.07, 6.45) is 0. The van der Waals surface area contributed by atoms with E-state index in [1.165, 1.54) is 24.3 Å². The summed E-state index contributed by atoms with van der Waals surface area (Å²) < 4.78 is 12.8. The monoisotopic (exact) mass is 335 g/mol. The fourth-order valence-corrected chi connectivity index (χ4v) is 1.93.